The Hall–Kier alpha value is -2.76. The third-order valence-corrected chi connectivity index (χ3v) is 6.81. The van der Waals surface area contributed by atoms with Gasteiger partial charge in [-0.25, -0.2) is 13.2 Å². The van der Waals surface area contributed by atoms with Gasteiger partial charge in [-0.1, -0.05) is 32.0 Å². The molecule has 0 saturated carbocycles. The second kappa shape index (κ2) is 11.9. The van der Waals surface area contributed by atoms with E-state index in [-0.39, 0.29) is 11.5 Å². The minimum Gasteiger partial charge on any atom is -0.462 e. The van der Waals surface area contributed by atoms with Crippen molar-refractivity contribution < 1.29 is 32.3 Å². The number of thiophene rings is 1. The number of sulfonamides is 1. The summed E-state index contributed by atoms with van der Waals surface area (Å²) in [6, 6.07) is 6.36. The van der Waals surface area contributed by atoms with Crippen molar-refractivity contribution in [3.8, 4) is 0 Å². The molecule has 1 amide bonds. The largest absolute Gasteiger partial charge is 0.462 e. The lowest BCUT2D eigenvalue weighted by atomic mass is 10.0. The normalized spacial score (nSPS) is 12.3. The minimum absolute atomic E-state index is 0.00350. The number of amides is 1. The number of carbonyl (C=O) groups excluding carboxylic acids is 3. The van der Waals surface area contributed by atoms with Crippen molar-refractivity contribution in [2.45, 2.75) is 45.1 Å². The van der Waals surface area contributed by atoms with E-state index in [2.05, 4.69) is 10.0 Å². The number of hydrogen-bond acceptors (Lipinski definition) is 8. The maximum absolute atomic E-state index is 12.4. The summed E-state index contributed by atoms with van der Waals surface area (Å²) in [6.45, 7) is 6.58. The molecule has 0 bridgehead atoms. The van der Waals surface area contributed by atoms with Crippen LogP contribution in [0.3, 0.4) is 0 Å². The molecule has 0 aliphatic carbocycles. The van der Waals surface area contributed by atoms with Crippen molar-refractivity contribution in [2.75, 3.05) is 18.5 Å². The van der Waals surface area contributed by atoms with E-state index < -0.39 is 40.5 Å². The van der Waals surface area contributed by atoms with Crippen molar-refractivity contribution in [3.63, 3.8) is 0 Å². The Morgan fingerprint density at radius 3 is 2.33 bits per heavy atom. The summed E-state index contributed by atoms with van der Waals surface area (Å²) in [5.41, 5.74) is 1.06. The summed E-state index contributed by atoms with van der Waals surface area (Å²) in [5, 5.41) is 4.67. The van der Waals surface area contributed by atoms with E-state index in [0.717, 1.165) is 5.56 Å². The van der Waals surface area contributed by atoms with Crippen molar-refractivity contribution in [2.24, 2.45) is 5.92 Å². The fourth-order valence-corrected chi connectivity index (χ4v) is 5.07. The van der Waals surface area contributed by atoms with E-state index in [1.54, 1.807) is 30.5 Å². The minimum atomic E-state index is -3.92. The van der Waals surface area contributed by atoms with Crippen LogP contribution in [-0.2, 0) is 35.5 Å². The lowest BCUT2D eigenvalue weighted by Gasteiger charge is -2.14. The Labute approximate surface area is 197 Å². The van der Waals surface area contributed by atoms with Gasteiger partial charge in [0.1, 0.15) is 11.0 Å². The van der Waals surface area contributed by atoms with Gasteiger partial charge in [-0.15, -0.1) is 11.3 Å². The zero-order valence-electron chi connectivity index (χ0n) is 18.9. The van der Waals surface area contributed by atoms with Crippen LogP contribution in [0.25, 0.3) is 0 Å². The van der Waals surface area contributed by atoms with Crippen LogP contribution in [0.5, 0.6) is 0 Å². The molecule has 0 saturated heterocycles. The van der Waals surface area contributed by atoms with Crippen molar-refractivity contribution in [1.82, 2.24) is 4.72 Å². The van der Waals surface area contributed by atoms with Gasteiger partial charge in [-0.05, 0) is 49.3 Å². The van der Waals surface area contributed by atoms with Crippen molar-refractivity contribution in [1.29, 1.82) is 0 Å². The van der Waals surface area contributed by atoms with E-state index in [4.69, 9.17) is 9.47 Å². The second-order valence-electron chi connectivity index (χ2n) is 7.60. The lowest BCUT2D eigenvalue weighted by molar-refractivity contribution is -0.148. The predicted molar refractivity (Wildman–Crippen MR) is 125 cm³/mol. The first-order valence-corrected chi connectivity index (χ1v) is 12.7. The SMILES string of the molecule is CCOC(=O)c1c(CC(C)C)csc1NC(=O)COC(=O)[C@H](C)NS(=O)(=O)c1ccccc1. The van der Waals surface area contributed by atoms with Crippen LogP contribution in [-0.4, -0.2) is 45.5 Å². The van der Waals surface area contributed by atoms with Gasteiger partial charge in [0.05, 0.1) is 17.1 Å². The average molecular weight is 497 g/mol. The molecule has 180 valence electrons. The van der Waals surface area contributed by atoms with E-state index in [1.165, 1.54) is 30.4 Å². The van der Waals surface area contributed by atoms with Gasteiger partial charge in [0.15, 0.2) is 6.61 Å². The highest BCUT2D eigenvalue weighted by molar-refractivity contribution is 7.89. The molecule has 33 heavy (non-hydrogen) atoms. The maximum atomic E-state index is 12.4. The Morgan fingerprint density at radius 1 is 1.06 bits per heavy atom. The summed E-state index contributed by atoms with van der Waals surface area (Å²) >= 11 is 1.18. The average Bonchev–Trinajstić information content (AvgIpc) is 3.13. The topological polar surface area (TPSA) is 128 Å². The third-order valence-electron chi connectivity index (χ3n) is 4.31. The Kier molecular flexibility index (Phi) is 9.56. The fraction of sp³-hybridized carbons (Fsp3) is 0.409. The molecule has 2 N–H and O–H groups in total. The molecule has 11 heteroatoms. The molecule has 0 fully saturated rings. The zero-order chi connectivity index (χ0) is 24.6. The molecule has 2 rings (SSSR count). The first-order valence-electron chi connectivity index (χ1n) is 10.4. The Morgan fingerprint density at radius 2 is 1.73 bits per heavy atom. The molecule has 0 aliphatic rings. The summed E-state index contributed by atoms with van der Waals surface area (Å²) in [7, 11) is -3.92. The van der Waals surface area contributed by atoms with Crippen LogP contribution in [0.15, 0.2) is 40.6 Å². The summed E-state index contributed by atoms with van der Waals surface area (Å²) in [4.78, 5) is 36.9. The van der Waals surface area contributed by atoms with Crippen LogP contribution < -0.4 is 10.0 Å². The molecule has 0 unspecified atom stereocenters. The monoisotopic (exact) mass is 496 g/mol. The Balaban J connectivity index is 1.99. The molecular weight excluding hydrogens is 468 g/mol. The molecule has 2 aromatic rings. The first-order chi connectivity index (χ1) is 15.5. The number of esters is 2. The summed E-state index contributed by atoms with van der Waals surface area (Å²) < 4.78 is 36.9. The molecule has 1 aromatic carbocycles. The quantitative estimate of drug-likeness (QED) is 0.458. The zero-order valence-corrected chi connectivity index (χ0v) is 20.5. The molecule has 0 aliphatic heterocycles. The van der Waals surface area contributed by atoms with Crippen LogP contribution in [0.4, 0.5) is 5.00 Å². The smallest absolute Gasteiger partial charge is 0.341 e. The number of nitrogens with one attached hydrogen (secondary N) is 2. The third kappa shape index (κ3) is 7.65. The highest BCUT2D eigenvalue weighted by Gasteiger charge is 2.25. The maximum Gasteiger partial charge on any atom is 0.341 e. The molecule has 0 spiro atoms. The van der Waals surface area contributed by atoms with Gasteiger partial charge in [0, 0.05) is 0 Å². The van der Waals surface area contributed by atoms with Crippen molar-refractivity contribution >= 4 is 44.2 Å². The fourth-order valence-electron chi connectivity index (χ4n) is 2.88. The lowest BCUT2D eigenvalue weighted by Crippen LogP contribution is -2.40. The summed E-state index contributed by atoms with van der Waals surface area (Å²) in [5.74, 6) is -1.82. The van der Waals surface area contributed by atoms with Gasteiger partial charge in [0.25, 0.3) is 5.91 Å². The molecule has 0 radical (unpaired) electrons. The first kappa shape index (κ1) is 26.5. The van der Waals surface area contributed by atoms with Crippen LogP contribution in [0, 0.1) is 5.92 Å². The molecular formula is C22H28N2O7S2. The van der Waals surface area contributed by atoms with E-state index >= 15 is 0 Å². The highest BCUT2D eigenvalue weighted by Crippen LogP contribution is 2.31. The second-order valence-corrected chi connectivity index (χ2v) is 10.2. The van der Waals surface area contributed by atoms with Crippen LogP contribution in [0.2, 0.25) is 0 Å². The molecule has 1 aromatic heterocycles. The molecule has 1 atom stereocenters. The van der Waals surface area contributed by atoms with E-state index in [1.807, 2.05) is 13.8 Å². The number of rotatable bonds is 11. The highest BCUT2D eigenvalue weighted by atomic mass is 32.2. The van der Waals surface area contributed by atoms with Crippen LogP contribution >= 0.6 is 11.3 Å². The van der Waals surface area contributed by atoms with Crippen LogP contribution in [0.1, 0.15) is 43.6 Å². The molecule has 9 nitrogen and oxygen atoms in total. The number of benzene rings is 1. The molecule has 1 heterocycles. The van der Waals surface area contributed by atoms with Gasteiger partial charge >= 0.3 is 11.9 Å². The standard InChI is InChI=1S/C22H28N2O7S2/c1-5-30-22(27)19-16(11-14(2)3)13-32-20(19)23-18(25)12-31-21(26)15(4)24-33(28,29)17-9-7-6-8-10-17/h6-10,13-15,24H,5,11-12H2,1-4H3,(H,23,25)/t15-/m0/s1. The van der Waals surface area contributed by atoms with Gasteiger partial charge in [0.2, 0.25) is 10.0 Å². The number of carbonyl (C=O) groups is 3. The van der Waals surface area contributed by atoms with E-state index in [0.29, 0.717) is 22.9 Å². The van der Waals surface area contributed by atoms with Gasteiger partial charge in [-0.3, -0.25) is 9.59 Å². The van der Waals surface area contributed by atoms with Gasteiger partial charge in [-0.2, -0.15) is 4.72 Å². The number of ether oxygens (including phenoxy) is 2. The summed E-state index contributed by atoms with van der Waals surface area (Å²) in [6.07, 6.45) is 0.634. The van der Waals surface area contributed by atoms with Gasteiger partial charge < -0.3 is 14.8 Å². The Bertz CT molecular complexity index is 1080. The predicted octanol–water partition coefficient (Wildman–Crippen LogP) is 2.97. The number of hydrogen-bond donors (Lipinski definition) is 2. The van der Waals surface area contributed by atoms with Crippen molar-refractivity contribution in [3.05, 3.63) is 46.8 Å². The van der Waals surface area contributed by atoms with E-state index in [9.17, 15) is 22.8 Å². The number of anilines is 1.